The van der Waals surface area contributed by atoms with Crippen LogP contribution < -0.4 is 20.7 Å². The molecule has 1 saturated carbocycles. The molecule has 0 spiro atoms. The number of hydrogen-bond acceptors (Lipinski definition) is 5. The molecule has 1 fully saturated rings. The van der Waals surface area contributed by atoms with Crippen molar-refractivity contribution in [3.05, 3.63) is 64.9 Å². The molecule has 4 rings (SSSR count). The lowest BCUT2D eigenvalue weighted by atomic mass is 10.1. The lowest BCUT2D eigenvalue weighted by Crippen LogP contribution is -2.39. The van der Waals surface area contributed by atoms with Crippen LogP contribution in [0.3, 0.4) is 0 Å². The van der Waals surface area contributed by atoms with Crippen LogP contribution >= 0.6 is 11.6 Å². The average Bonchev–Trinajstić information content (AvgIpc) is 3.62. The number of hydrogen-bond donors (Lipinski definition) is 3. The fraction of sp³-hybridized carbons (Fsp3) is 0.273. The van der Waals surface area contributed by atoms with E-state index in [1.54, 1.807) is 0 Å². The molecule has 1 atom stereocenters. The van der Waals surface area contributed by atoms with E-state index in [-0.39, 0.29) is 41.4 Å². The van der Waals surface area contributed by atoms with Crippen LogP contribution in [-0.2, 0) is 11.0 Å². The topological polar surface area (TPSA) is 105 Å². The first kappa shape index (κ1) is 24.5. The Balaban J connectivity index is 1.33. The normalized spacial score (nSPS) is 17.7. The fourth-order valence-electron chi connectivity index (χ4n) is 3.14. The summed E-state index contributed by atoms with van der Waals surface area (Å²) in [6.45, 7) is 0. The number of allylic oxidation sites excluding steroid dienone is 1. The van der Waals surface area contributed by atoms with Crippen molar-refractivity contribution in [1.29, 1.82) is 0 Å². The van der Waals surface area contributed by atoms with Crippen LogP contribution in [0.4, 0.5) is 33.9 Å². The summed E-state index contributed by atoms with van der Waals surface area (Å²) in [7, 11) is 0. The quantitative estimate of drug-likeness (QED) is 0.462. The van der Waals surface area contributed by atoms with Gasteiger partial charge in [0.25, 0.3) is 0 Å². The molecule has 35 heavy (non-hydrogen) atoms. The molecular formula is C22H18ClF4N5O3. The largest absolute Gasteiger partial charge is 0.439 e. The molecule has 0 aliphatic heterocycles. The highest BCUT2D eigenvalue weighted by atomic mass is 35.5. The Hall–Kier alpha value is -3.67. The second kappa shape index (κ2) is 9.90. The number of halogens is 5. The predicted octanol–water partition coefficient (Wildman–Crippen LogP) is 5.21. The maximum absolute atomic E-state index is 14.6. The summed E-state index contributed by atoms with van der Waals surface area (Å²) in [6.07, 6.45) is 0.716. The summed E-state index contributed by atoms with van der Waals surface area (Å²) < 4.78 is 59.0. The molecule has 1 unspecified atom stereocenters. The Morgan fingerprint density at radius 3 is 2.57 bits per heavy atom. The van der Waals surface area contributed by atoms with Crippen LogP contribution in [0.2, 0.25) is 5.02 Å². The van der Waals surface area contributed by atoms with E-state index in [0.717, 1.165) is 25.0 Å². The Kier molecular flexibility index (Phi) is 6.92. The molecule has 3 N–H and O–H groups in total. The van der Waals surface area contributed by atoms with Crippen LogP contribution in [0, 0.1) is 5.92 Å². The number of nitrogens with zero attached hydrogens (tertiary/aromatic N) is 2. The van der Waals surface area contributed by atoms with Crippen LogP contribution in [0.25, 0.3) is 0 Å². The summed E-state index contributed by atoms with van der Waals surface area (Å²) in [4.78, 5) is 31.9. The standard InChI is InChI=1S/C22H18ClF4N5O3/c23-15-5-3-12(7-14(15)22(25,26)27)30-21(34)31-17-6-4-13(8-16(17)24)35-19-9-18(28-10-29-19)32-20(33)11-1-2-11/h3-5,7-11,17H,1-2,6H2,(H2,30,31,34)(H,28,29,32,33). The summed E-state index contributed by atoms with van der Waals surface area (Å²) in [5, 5.41) is 6.71. The van der Waals surface area contributed by atoms with Crippen molar-refractivity contribution < 1.29 is 31.9 Å². The highest BCUT2D eigenvalue weighted by Crippen LogP contribution is 2.36. The van der Waals surface area contributed by atoms with E-state index in [0.29, 0.717) is 6.07 Å². The number of anilines is 2. The van der Waals surface area contributed by atoms with Crippen LogP contribution in [0.5, 0.6) is 5.88 Å². The smallest absolute Gasteiger partial charge is 0.417 e. The van der Waals surface area contributed by atoms with E-state index in [9.17, 15) is 27.2 Å². The Bertz CT molecular complexity index is 1210. The predicted molar refractivity (Wildman–Crippen MR) is 118 cm³/mol. The number of carbonyl (C=O) groups is 2. The number of amides is 3. The summed E-state index contributed by atoms with van der Waals surface area (Å²) in [5.41, 5.74) is -1.27. The second-order valence-corrected chi connectivity index (χ2v) is 8.23. The monoisotopic (exact) mass is 511 g/mol. The molecule has 1 heterocycles. The molecular weight excluding hydrogens is 494 g/mol. The molecule has 1 aromatic carbocycles. The molecule has 3 amide bonds. The zero-order valence-electron chi connectivity index (χ0n) is 17.8. The molecule has 13 heteroatoms. The van der Waals surface area contributed by atoms with Crippen molar-refractivity contribution in [2.45, 2.75) is 31.5 Å². The van der Waals surface area contributed by atoms with E-state index < -0.39 is 34.7 Å². The van der Waals surface area contributed by atoms with Crippen LogP contribution in [0.15, 0.2) is 54.3 Å². The number of rotatable bonds is 6. The van der Waals surface area contributed by atoms with Gasteiger partial charge < -0.3 is 20.7 Å². The maximum Gasteiger partial charge on any atom is 0.417 e. The average molecular weight is 512 g/mol. The third-order valence-electron chi connectivity index (χ3n) is 5.07. The van der Waals surface area contributed by atoms with Crippen molar-refractivity contribution in [3.63, 3.8) is 0 Å². The lowest BCUT2D eigenvalue weighted by molar-refractivity contribution is -0.137. The molecule has 0 saturated heterocycles. The van der Waals surface area contributed by atoms with Crippen molar-refractivity contribution in [3.8, 4) is 5.88 Å². The van der Waals surface area contributed by atoms with Gasteiger partial charge in [-0.2, -0.15) is 13.2 Å². The maximum atomic E-state index is 14.6. The van der Waals surface area contributed by atoms with Gasteiger partial charge in [0.1, 0.15) is 23.7 Å². The molecule has 2 aromatic rings. The van der Waals surface area contributed by atoms with Crippen molar-refractivity contribution in [1.82, 2.24) is 15.3 Å². The molecule has 0 bridgehead atoms. The highest BCUT2D eigenvalue weighted by molar-refractivity contribution is 6.31. The summed E-state index contributed by atoms with van der Waals surface area (Å²) in [5.74, 6) is -0.445. The first-order chi connectivity index (χ1) is 16.6. The van der Waals surface area contributed by atoms with E-state index in [4.69, 9.17) is 16.3 Å². The van der Waals surface area contributed by atoms with E-state index in [2.05, 4.69) is 25.9 Å². The molecule has 2 aliphatic carbocycles. The molecule has 184 valence electrons. The zero-order chi connectivity index (χ0) is 25.2. The van der Waals surface area contributed by atoms with E-state index >= 15 is 0 Å². The minimum absolute atomic E-state index is 0.00978. The minimum Gasteiger partial charge on any atom is -0.439 e. The SMILES string of the molecule is O=C(Nc1ccc(Cl)c(C(F)(F)F)c1)NC1CC=C(Oc2cc(NC(=O)C3CC3)ncn2)C=C1F. The molecule has 0 radical (unpaired) electrons. The van der Waals surface area contributed by atoms with E-state index in [1.807, 2.05) is 0 Å². The Morgan fingerprint density at radius 2 is 1.89 bits per heavy atom. The first-order valence-electron chi connectivity index (χ1n) is 10.4. The van der Waals surface area contributed by atoms with Crippen LogP contribution in [-0.4, -0.2) is 27.9 Å². The number of alkyl halides is 3. The zero-order valence-corrected chi connectivity index (χ0v) is 18.6. The van der Waals surface area contributed by atoms with Crippen molar-refractivity contribution >= 4 is 35.0 Å². The highest BCUT2D eigenvalue weighted by Gasteiger charge is 2.33. The van der Waals surface area contributed by atoms with Gasteiger partial charge in [-0.3, -0.25) is 4.79 Å². The number of urea groups is 1. The second-order valence-electron chi connectivity index (χ2n) is 7.82. The van der Waals surface area contributed by atoms with Gasteiger partial charge in [0.2, 0.25) is 11.8 Å². The molecule has 2 aliphatic rings. The van der Waals surface area contributed by atoms with Gasteiger partial charge in [0.15, 0.2) is 0 Å². The summed E-state index contributed by atoms with van der Waals surface area (Å²) in [6, 6.07) is 2.31. The first-order valence-corrected chi connectivity index (χ1v) is 10.8. The number of carbonyl (C=O) groups excluding carboxylic acids is 2. The fourth-order valence-corrected chi connectivity index (χ4v) is 3.37. The third kappa shape index (κ3) is 6.47. The van der Waals surface area contributed by atoms with Gasteiger partial charge in [-0.1, -0.05) is 11.6 Å². The van der Waals surface area contributed by atoms with Gasteiger partial charge in [0.05, 0.1) is 16.6 Å². The van der Waals surface area contributed by atoms with Gasteiger partial charge in [-0.05, 0) is 43.5 Å². The lowest BCUT2D eigenvalue weighted by Gasteiger charge is -2.20. The van der Waals surface area contributed by atoms with Crippen molar-refractivity contribution in [2.24, 2.45) is 5.92 Å². The Morgan fingerprint density at radius 1 is 1.11 bits per heavy atom. The third-order valence-corrected chi connectivity index (χ3v) is 5.40. The number of aromatic nitrogens is 2. The number of ether oxygens (including phenoxy) is 1. The van der Waals surface area contributed by atoms with Crippen LogP contribution in [0.1, 0.15) is 24.8 Å². The minimum atomic E-state index is -4.70. The van der Waals surface area contributed by atoms with E-state index in [1.165, 1.54) is 24.5 Å². The van der Waals surface area contributed by atoms with Gasteiger partial charge >= 0.3 is 12.2 Å². The Labute approximate surface area is 201 Å². The number of nitrogens with one attached hydrogen (secondary N) is 3. The van der Waals surface area contributed by atoms with Gasteiger partial charge in [-0.25, -0.2) is 19.2 Å². The summed E-state index contributed by atoms with van der Waals surface area (Å²) >= 11 is 5.56. The number of benzene rings is 1. The van der Waals surface area contributed by atoms with Crippen molar-refractivity contribution in [2.75, 3.05) is 10.6 Å². The van der Waals surface area contributed by atoms with Gasteiger partial charge in [-0.15, -0.1) is 0 Å². The molecule has 1 aromatic heterocycles. The van der Waals surface area contributed by atoms with Gasteiger partial charge in [0, 0.05) is 23.7 Å². The molecule has 8 nitrogen and oxygen atoms in total.